The van der Waals surface area contributed by atoms with Crippen LogP contribution in [0.2, 0.25) is 0 Å². The highest BCUT2D eigenvalue weighted by Gasteiger charge is 2.32. The number of hydrogen-bond donors (Lipinski definition) is 2. The van der Waals surface area contributed by atoms with Gasteiger partial charge in [0.2, 0.25) is 11.8 Å². The van der Waals surface area contributed by atoms with Gasteiger partial charge in [-0.05, 0) is 37.1 Å². The summed E-state index contributed by atoms with van der Waals surface area (Å²) in [6.45, 7) is 0.577. The summed E-state index contributed by atoms with van der Waals surface area (Å²) in [4.78, 5) is 37.0. The summed E-state index contributed by atoms with van der Waals surface area (Å²) in [6.07, 6.45) is 5.23. The Kier molecular flexibility index (Phi) is 5.65. The van der Waals surface area contributed by atoms with E-state index in [2.05, 4.69) is 5.32 Å². The average Bonchev–Trinajstić information content (AvgIpc) is 2.54. The minimum Gasteiger partial charge on any atom is -0.330 e. The maximum atomic E-state index is 12.6. The molecule has 1 unspecified atom stereocenters. The van der Waals surface area contributed by atoms with E-state index in [0.717, 1.165) is 12.0 Å². The summed E-state index contributed by atoms with van der Waals surface area (Å²) in [5, 5.41) is 2.27. The van der Waals surface area contributed by atoms with Gasteiger partial charge < -0.3 is 10.6 Å². The predicted molar refractivity (Wildman–Crippen MR) is 87.4 cm³/mol. The average molecular weight is 315 g/mol. The smallest absolute Gasteiger partial charge is 0.254 e. The lowest BCUT2D eigenvalue weighted by Crippen LogP contribution is -2.52. The van der Waals surface area contributed by atoms with Gasteiger partial charge in [-0.2, -0.15) is 0 Å². The van der Waals surface area contributed by atoms with E-state index in [4.69, 9.17) is 5.73 Å². The summed E-state index contributed by atoms with van der Waals surface area (Å²) in [6, 6.07) is 6.57. The minimum atomic E-state index is -0.614. The Morgan fingerprint density at radius 3 is 2.91 bits per heavy atom. The third-order valence-corrected chi connectivity index (χ3v) is 3.78. The lowest BCUT2D eigenvalue weighted by Gasteiger charge is -2.29. The molecule has 1 saturated heterocycles. The monoisotopic (exact) mass is 315 g/mol. The van der Waals surface area contributed by atoms with E-state index in [1.807, 2.05) is 18.2 Å². The Morgan fingerprint density at radius 2 is 2.22 bits per heavy atom. The summed E-state index contributed by atoms with van der Waals surface area (Å²) < 4.78 is 0. The third-order valence-electron chi connectivity index (χ3n) is 3.78. The van der Waals surface area contributed by atoms with Crippen molar-refractivity contribution in [1.29, 1.82) is 0 Å². The second kappa shape index (κ2) is 7.69. The zero-order valence-electron chi connectivity index (χ0n) is 13.1. The minimum absolute atomic E-state index is 0.242. The van der Waals surface area contributed by atoms with Crippen molar-refractivity contribution < 1.29 is 14.4 Å². The molecule has 0 aromatic heterocycles. The number of imide groups is 1. The molecule has 3 amide bonds. The van der Waals surface area contributed by atoms with Crippen LogP contribution >= 0.6 is 0 Å². The van der Waals surface area contributed by atoms with Gasteiger partial charge >= 0.3 is 0 Å². The van der Waals surface area contributed by atoms with Crippen molar-refractivity contribution in [2.24, 2.45) is 5.73 Å². The van der Waals surface area contributed by atoms with E-state index in [9.17, 15) is 14.4 Å². The Bertz CT molecular complexity index is 640. The molecule has 2 rings (SSSR count). The van der Waals surface area contributed by atoms with Crippen LogP contribution in [-0.2, 0) is 9.59 Å². The molecule has 1 aromatic rings. The number of nitrogens with zero attached hydrogens (tertiary/aromatic N) is 1. The molecule has 1 aliphatic rings. The highest BCUT2D eigenvalue weighted by atomic mass is 16.2. The first-order chi connectivity index (χ1) is 11.0. The van der Waals surface area contributed by atoms with E-state index < -0.39 is 11.9 Å². The Balaban J connectivity index is 2.11. The second-order valence-corrected chi connectivity index (χ2v) is 5.49. The number of carbonyl (C=O) groups is 3. The van der Waals surface area contributed by atoms with Crippen molar-refractivity contribution in [3.05, 3.63) is 41.5 Å². The first-order valence-corrected chi connectivity index (χ1v) is 7.60. The van der Waals surface area contributed by atoms with E-state index in [1.165, 1.54) is 4.90 Å². The fourth-order valence-corrected chi connectivity index (χ4v) is 2.49. The molecule has 0 spiro atoms. The molecule has 23 heavy (non-hydrogen) atoms. The fraction of sp³-hybridized carbons (Fsp3) is 0.353. The van der Waals surface area contributed by atoms with Crippen LogP contribution < -0.4 is 11.1 Å². The summed E-state index contributed by atoms with van der Waals surface area (Å²) in [5.41, 5.74) is 6.85. The second-order valence-electron chi connectivity index (χ2n) is 5.49. The number of carbonyl (C=O) groups excluding carboxylic acids is 3. The zero-order valence-corrected chi connectivity index (χ0v) is 13.1. The van der Waals surface area contributed by atoms with Crippen molar-refractivity contribution in [1.82, 2.24) is 10.2 Å². The molecule has 1 aromatic carbocycles. The lowest BCUT2D eigenvalue weighted by atomic mass is 10.0. The number of nitrogens with one attached hydrogen (secondary N) is 1. The van der Waals surface area contributed by atoms with Crippen LogP contribution in [0.15, 0.2) is 30.3 Å². The molecule has 0 radical (unpaired) electrons. The molecule has 1 aliphatic heterocycles. The van der Waals surface area contributed by atoms with Crippen LogP contribution in [0.1, 0.15) is 35.2 Å². The summed E-state index contributed by atoms with van der Waals surface area (Å²) >= 11 is 0. The third kappa shape index (κ3) is 4.26. The fourth-order valence-electron chi connectivity index (χ4n) is 2.49. The molecule has 1 heterocycles. The van der Waals surface area contributed by atoms with Gasteiger partial charge in [-0.15, -0.1) is 0 Å². The highest BCUT2D eigenvalue weighted by Crippen LogP contribution is 2.15. The van der Waals surface area contributed by atoms with E-state index >= 15 is 0 Å². The maximum absolute atomic E-state index is 12.6. The molecule has 1 fully saturated rings. The number of rotatable bonds is 5. The quantitative estimate of drug-likeness (QED) is 0.791. The molecular formula is C17H21N3O3. The SMILES string of the molecule is CN(C(=O)c1cccc(/C=C/CCN)c1)C1CCC(=O)NC1=O. The van der Waals surface area contributed by atoms with Crippen LogP contribution in [0.3, 0.4) is 0 Å². The summed E-state index contributed by atoms with van der Waals surface area (Å²) in [7, 11) is 1.58. The lowest BCUT2D eigenvalue weighted by molar-refractivity contribution is -0.136. The van der Waals surface area contributed by atoms with Crippen molar-refractivity contribution in [3.8, 4) is 0 Å². The van der Waals surface area contributed by atoms with Gasteiger partial charge in [-0.1, -0.05) is 24.3 Å². The Hall–Kier alpha value is -2.47. The van der Waals surface area contributed by atoms with Crippen LogP contribution in [0.5, 0.6) is 0 Å². The topological polar surface area (TPSA) is 92.5 Å². The normalized spacial score (nSPS) is 18.1. The van der Waals surface area contributed by atoms with Gasteiger partial charge in [0.05, 0.1) is 0 Å². The summed E-state index contributed by atoms with van der Waals surface area (Å²) in [5.74, 6) is -0.955. The van der Waals surface area contributed by atoms with Gasteiger partial charge in [0, 0.05) is 19.0 Å². The Labute approximate surface area is 135 Å². The van der Waals surface area contributed by atoms with Crippen LogP contribution in [0, 0.1) is 0 Å². The Morgan fingerprint density at radius 1 is 1.43 bits per heavy atom. The molecule has 0 saturated carbocycles. The van der Waals surface area contributed by atoms with Gasteiger partial charge in [-0.25, -0.2) is 0 Å². The number of piperidine rings is 1. The van der Waals surface area contributed by atoms with Crippen molar-refractivity contribution in [2.45, 2.75) is 25.3 Å². The van der Waals surface area contributed by atoms with Gasteiger partial charge in [-0.3, -0.25) is 19.7 Å². The number of amides is 3. The van der Waals surface area contributed by atoms with E-state index in [-0.39, 0.29) is 18.2 Å². The van der Waals surface area contributed by atoms with E-state index in [0.29, 0.717) is 18.5 Å². The van der Waals surface area contributed by atoms with Gasteiger partial charge in [0.25, 0.3) is 5.91 Å². The van der Waals surface area contributed by atoms with Crippen molar-refractivity contribution in [3.63, 3.8) is 0 Å². The molecule has 0 aliphatic carbocycles. The first kappa shape index (κ1) is 16.9. The molecule has 6 heteroatoms. The van der Waals surface area contributed by atoms with Crippen molar-refractivity contribution >= 4 is 23.8 Å². The maximum Gasteiger partial charge on any atom is 0.254 e. The van der Waals surface area contributed by atoms with Gasteiger partial charge in [0.1, 0.15) is 6.04 Å². The van der Waals surface area contributed by atoms with Crippen LogP contribution in [-0.4, -0.2) is 42.3 Å². The molecule has 0 bridgehead atoms. The molecular weight excluding hydrogens is 294 g/mol. The predicted octanol–water partition coefficient (Wildman–Crippen LogP) is 0.926. The first-order valence-electron chi connectivity index (χ1n) is 7.60. The largest absolute Gasteiger partial charge is 0.330 e. The number of benzene rings is 1. The standard InChI is InChI=1S/C17H21N3O3/c1-20(14-8-9-15(21)19-16(14)22)17(23)13-7-4-6-12(11-13)5-2-3-10-18/h2,4-7,11,14H,3,8-10,18H2,1H3,(H,19,21,22)/b5-2+. The molecule has 122 valence electrons. The number of nitrogens with two attached hydrogens (primary N) is 1. The zero-order chi connectivity index (χ0) is 16.8. The van der Waals surface area contributed by atoms with Gasteiger partial charge in [0.15, 0.2) is 0 Å². The van der Waals surface area contributed by atoms with E-state index in [1.54, 1.807) is 25.2 Å². The highest BCUT2D eigenvalue weighted by molar-refractivity contribution is 6.03. The molecule has 3 N–H and O–H groups in total. The molecule has 1 atom stereocenters. The van der Waals surface area contributed by atoms with Crippen LogP contribution in [0.25, 0.3) is 6.08 Å². The molecule has 6 nitrogen and oxygen atoms in total. The number of likely N-dealkylation sites (N-methyl/N-ethyl adjacent to an activating group) is 1. The number of hydrogen-bond acceptors (Lipinski definition) is 4. The van der Waals surface area contributed by atoms with Crippen molar-refractivity contribution in [2.75, 3.05) is 13.6 Å². The van der Waals surface area contributed by atoms with Crippen LogP contribution in [0.4, 0.5) is 0 Å².